The topological polar surface area (TPSA) is 64.3 Å². The van der Waals surface area contributed by atoms with E-state index < -0.39 is 0 Å². The van der Waals surface area contributed by atoms with E-state index in [1.165, 1.54) is 12.8 Å². The Morgan fingerprint density at radius 1 is 1.00 bits per heavy atom. The van der Waals surface area contributed by atoms with E-state index in [2.05, 4.69) is 46.4 Å². The van der Waals surface area contributed by atoms with Crippen LogP contribution in [0.5, 0.6) is 5.75 Å². The van der Waals surface area contributed by atoms with Crippen LogP contribution in [0.3, 0.4) is 0 Å². The SMILES string of the molecule is COc1ccc(C2c3cccn3-c3c(c(C)nn3-c3ccccc3)CN2C(=O)NC2CCCC2)cc1. The molecule has 1 atom stereocenters. The number of amides is 2. The van der Waals surface area contributed by atoms with Gasteiger partial charge >= 0.3 is 6.03 Å². The number of methoxy groups -OCH3 is 1. The molecule has 2 aromatic heterocycles. The Balaban J connectivity index is 1.52. The number of rotatable bonds is 4. The molecule has 0 saturated heterocycles. The van der Waals surface area contributed by atoms with E-state index in [1.54, 1.807) is 7.11 Å². The van der Waals surface area contributed by atoms with Gasteiger partial charge in [-0.05, 0) is 61.7 Å². The summed E-state index contributed by atoms with van der Waals surface area (Å²) in [6.07, 6.45) is 6.49. The summed E-state index contributed by atoms with van der Waals surface area (Å²) in [4.78, 5) is 15.9. The van der Waals surface area contributed by atoms with Crippen molar-refractivity contribution in [3.8, 4) is 17.3 Å². The molecule has 7 nitrogen and oxygen atoms in total. The summed E-state index contributed by atoms with van der Waals surface area (Å²) in [5.41, 5.74) is 5.03. The number of fused-ring (bicyclic) bond motifs is 3. The molecule has 1 aliphatic carbocycles. The van der Waals surface area contributed by atoms with Crippen molar-refractivity contribution in [2.45, 2.75) is 51.2 Å². The summed E-state index contributed by atoms with van der Waals surface area (Å²) in [7, 11) is 1.67. The highest BCUT2D eigenvalue weighted by molar-refractivity contribution is 5.76. The third-order valence-electron chi connectivity index (χ3n) is 7.46. The van der Waals surface area contributed by atoms with Crippen molar-refractivity contribution in [3.05, 3.63) is 95.4 Å². The number of hydrogen-bond donors (Lipinski definition) is 1. The molecular formula is C29H31N5O2. The van der Waals surface area contributed by atoms with Crippen molar-refractivity contribution >= 4 is 6.03 Å². The van der Waals surface area contributed by atoms with Crippen LogP contribution in [0.1, 0.15) is 54.2 Å². The average molecular weight is 482 g/mol. The lowest BCUT2D eigenvalue weighted by molar-refractivity contribution is 0.176. The number of benzene rings is 2. The maximum atomic E-state index is 13.9. The summed E-state index contributed by atoms with van der Waals surface area (Å²) in [5.74, 6) is 1.77. The zero-order valence-corrected chi connectivity index (χ0v) is 20.7. The van der Waals surface area contributed by atoms with Crippen LogP contribution in [0.25, 0.3) is 11.5 Å². The Morgan fingerprint density at radius 3 is 2.47 bits per heavy atom. The number of para-hydroxylation sites is 1. The van der Waals surface area contributed by atoms with Crippen LogP contribution in [0.2, 0.25) is 0 Å². The van der Waals surface area contributed by atoms with Gasteiger partial charge in [-0.3, -0.25) is 0 Å². The Hall–Kier alpha value is -4.00. The summed E-state index contributed by atoms with van der Waals surface area (Å²) < 4.78 is 9.60. The summed E-state index contributed by atoms with van der Waals surface area (Å²) in [6.45, 7) is 2.49. The molecule has 1 unspecified atom stereocenters. The fourth-order valence-corrected chi connectivity index (χ4v) is 5.61. The number of aryl methyl sites for hydroxylation is 1. The first-order chi connectivity index (χ1) is 17.6. The van der Waals surface area contributed by atoms with Gasteiger partial charge in [0.05, 0.1) is 36.8 Å². The predicted molar refractivity (Wildman–Crippen MR) is 139 cm³/mol. The zero-order chi connectivity index (χ0) is 24.6. The lowest BCUT2D eigenvalue weighted by atomic mass is 10.0. The standard InChI is InChI=1S/C29H31N5O2/c1-20-25-19-33(29(35)30-22-9-6-7-10-22)27(21-14-16-24(36-2)17-15-21)26-13-8-18-32(26)28(25)34(31-20)23-11-4-3-5-12-23/h3-5,8,11-18,22,27H,6-7,9-10,19H2,1-2H3,(H,30,35). The number of nitrogens with zero attached hydrogens (tertiary/aromatic N) is 4. The lowest BCUT2D eigenvalue weighted by Gasteiger charge is -2.32. The van der Waals surface area contributed by atoms with Crippen molar-refractivity contribution in [1.29, 1.82) is 0 Å². The van der Waals surface area contributed by atoms with Crippen molar-refractivity contribution in [1.82, 2.24) is 24.6 Å². The minimum Gasteiger partial charge on any atom is -0.497 e. The molecule has 2 aromatic carbocycles. The first-order valence-electron chi connectivity index (χ1n) is 12.7. The van der Waals surface area contributed by atoms with E-state index in [4.69, 9.17) is 9.84 Å². The molecule has 0 bridgehead atoms. The van der Waals surface area contributed by atoms with E-state index in [-0.39, 0.29) is 18.1 Å². The monoisotopic (exact) mass is 481 g/mol. The quantitative estimate of drug-likeness (QED) is 0.416. The van der Waals surface area contributed by atoms with Crippen LogP contribution in [-0.4, -0.2) is 38.4 Å². The summed E-state index contributed by atoms with van der Waals surface area (Å²) in [6, 6.07) is 22.3. The molecular weight excluding hydrogens is 450 g/mol. The van der Waals surface area contributed by atoms with Crippen LogP contribution in [-0.2, 0) is 6.54 Å². The molecule has 0 radical (unpaired) electrons. The highest BCUT2D eigenvalue weighted by atomic mass is 16.5. The van der Waals surface area contributed by atoms with Crippen LogP contribution in [0.4, 0.5) is 4.79 Å². The number of carbonyl (C=O) groups excluding carboxylic acids is 1. The third-order valence-corrected chi connectivity index (χ3v) is 7.46. The van der Waals surface area contributed by atoms with Gasteiger partial charge in [0.1, 0.15) is 11.6 Å². The number of aromatic nitrogens is 3. The van der Waals surface area contributed by atoms with Crippen LogP contribution < -0.4 is 10.1 Å². The second-order valence-electron chi connectivity index (χ2n) is 9.67. The van der Waals surface area contributed by atoms with E-state index in [0.717, 1.165) is 52.6 Å². The van der Waals surface area contributed by atoms with Gasteiger partial charge < -0.3 is 19.5 Å². The fraction of sp³-hybridized carbons (Fsp3) is 0.310. The summed E-state index contributed by atoms with van der Waals surface area (Å²) >= 11 is 0. The molecule has 1 fully saturated rings. The largest absolute Gasteiger partial charge is 0.497 e. The van der Waals surface area contributed by atoms with Gasteiger partial charge in [0.15, 0.2) is 0 Å². The smallest absolute Gasteiger partial charge is 0.318 e. The van der Waals surface area contributed by atoms with Gasteiger partial charge in [0.2, 0.25) is 0 Å². The molecule has 2 aliphatic rings. The second kappa shape index (κ2) is 9.22. The lowest BCUT2D eigenvalue weighted by Crippen LogP contribution is -2.45. The van der Waals surface area contributed by atoms with E-state index >= 15 is 0 Å². The number of hydrogen-bond acceptors (Lipinski definition) is 3. The second-order valence-corrected chi connectivity index (χ2v) is 9.67. The Labute approximate surface area is 211 Å². The number of ether oxygens (including phenoxy) is 1. The Kier molecular flexibility index (Phi) is 5.76. The first-order valence-corrected chi connectivity index (χ1v) is 12.7. The number of urea groups is 1. The molecule has 1 aliphatic heterocycles. The molecule has 3 heterocycles. The molecule has 36 heavy (non-hydrogen) atoms. The Bertz CT molecular complexity index is 1370. The third kappa shape index (κ3) is 3.85. The van der Waals surface area contributed by atoms with Crippen molar-refractivity contribution in [2.75, 3.05) is 7.11 Å². The predicted octanol–water partition coefficient (Wildman–Crippen LogP) is 5.54. The van der Waals surface area contributed by atoms with Crippen LogP contribution in [0.15, 0.2) is 72.9 Å². The normalized spacial score (nSPS) is 17.4. The maximum Gasteiger partial charge on any atom is 0.318 e. The van der Waals surface area contributed by atoms with Crippen LogP contribution in [0, 0.1) is 6.92 Å². The first kappa shape index (κ1) is 22.5. The van der Waals surface area contributed by atoms with Gasteiger partial charge in [0.25, 0.3) is 0 Å². The van der Waals surface area contributed by atoms with Crippen molar-refractivity contribution < 1.29 is 9.53 Å². The number of nitrogens with one attached hydrogen (secondary N) is 1. The highest BCUT2D eigenvalue weighted by Crippen LogP contribution is 2.39. The average Bonchev–Trinajstić information content (AvgIpc) is 3.64. The van der Waals surface area contributed by atoms with Crippen molar-refractivity contribution in [2.24, 2.45) is 0 Å². The van der Waals surface area contributed by atoms with E-state index in [1.807, 2.05) is 52.9 Å². The van der Waals surface area contributed by atoms with E-state index in [9.17, 15) is 4.79 Å². The molecule has 184 valence electrons. The molecule has 1 N–H and O–H groups in total. The minimum atomic E-state index is -0.261. The molecule has 2 amide bonds. The highest BCUT2D eigenvalue weighted by Gasteiger charge is 2.36. The molecule has 6 rings (SSSR count). The molecule has 0 spiro atoms. The van der Waals surface area contributed by atoms with Gasteiger partial charge in [-0.15, -0.1) is 0 Å². The van der Waals surface area contributed by atoms with Crippen molar-refractivity contribution in [3.63, 3.8) is 0 Å². The Morgan fingerprint density at radius 2 is 1.75 bits per heavy atom. The van der Waals surface area contributed by atoms with Gasteiger partial charge in [-0.25, -0.2) is 9.48 Å². The van der Waals surface area contributed by atoms with Crippen LogP contribution >= 0.6 is 0 Å². The van der Waals surface area contributed by atoms with Gasteiger partial charge in [-0.1, -0.05) is 43.2 Å². The molecule has 7 heteroatoms. The molecule has 1 saturated carbocycles. The fourth-order valence-electron chi connectivity index (χ4n) is 5.61. The van der Waals surface area contributed by atoms with Gasteiger partial charge in [-0.2, -0.15) is 5.10 Å². The van der Waals surface area contributed by atoms with Gasteiger partial charge in [0, 0.05) is 17.8 Å². The minimum absolute atomic E-state index is 0.0322. The summed E-state index contributed by atoms with van der Waals surface area (Å²) in [5, 5.41) is 8.26. The van der Waals surface area contributed by atoms with E-state index in [0.29, 0.717) is 6.54 Å². The number of carbonyl (C=O) groups is 1. The molecule has 4 aromatic rings. The zero-order valence-electron chi connectivity index (χ0n) is 20.7. The maximum absolute atomic E-state index is 13.9.